The molecule has 0 spiro atoms. The summed E-state index contributed by atoms with van der Waals surface area (Å²) < 4.78 is 6.75. The molecular formula is C13H20N4O3. The van der Waals surface area contributed by atoms with E-state index in [0.717, 1.165) is 0 Å². The van der Waals surface area contributed by atoms with Crippen molar-refractivity contribution in [3.05, 3.63) is 18.7 Å². The summed E-state index contributed by atoms with van der Waals surface area (Å²) in [7, 11) is 0. The molecule has 7 nitrogen and oxygen atoms in total. The van der Waals surface area contributed by atoms with Crippen LogP contribution in [0.2, 0.25) is 0 Å². The highest BCUT2D eigenvalue weighted by atomic mass is 16.6. The van der Waals surface area contributed by atoms with Crippen molar-refractivity contribution in [2.75, 3.05) is 26.2 Å². The van der Waals surface area contributed by atoms with Crippen LogP contribution in [0.4, 0.5) is 9.59 Å². The molecule has 0 unspecified atom stereocenters. The largest absolute Gasteiger partial charge is 0.444 e. The Labute approximate surface area is 118 Å². The quantitative estimate of drug-likeness (QED) is 0.720. The van der Waals surface area contributed by atoms with Crippen molar-refractivity contribution in [3.8, 4) is 0 Å². The number of imidazole rings is 1. The highest BCUT2D eigenvalue weighted by Crippen LogP contribution is 2.12. The van der Waals surface area contributed by atoms with E-state index in [9.17, 15) is 9.59 Å². The van der Waals surface area contributed by atoms with Gasteiger partial charge < -0.3 is 14.5 Å². The van der Waals surface area contributed by atoms with Gasteiger partial charge >= 0.3 is 12.1 Å². The second-order valence-corrected chi connectivity index (χ2v) is 5.71. The van der Waals surface area contributed by atoms with Gasteiger partial charge in [-0.1, -0.05) is 0 Å². The van der Waals surface area contributed by atoms with E-state index in [1.807, 2.05) is 20.8 Å². The van der Waals surface area contributed by atoms with Crippen LogP contribution in [0, 0.1) is 0 Å². The molecule has 0 aliphatic carbocycles. The Bertz CT molecular complexity index is 470. The summed E-state index contributed by atoms with van der Waals surface area (Å²) in [6.45, 7) is 7.47. The predicted molar refractivity (Wildman–Crippen MR) is 72.4 cm³/mol. The van der Waals surface area contributed by atoms with E-state index in [2.05, 4.69) is 4.98 Å². The van der Waals surface area contributed by atoms with Crippen molar-refractivity contribution in [1.82, 2.24) is 19.4 Å². The Morgan fingerprint density at radius 2 is 1.70 bits per heavy atom. The van der Waals surface area contributed by atoms with Gasteiger partial charge in [0.15, 0.2) is 0 Å². The van der Waals surface area contributed by atoms with E-state index in [0.29, 0.717) is 26.2 Å². The third-order valence-corrected chi connectivity index (χ3v) is 2.93. The maximum atomic E-state index is 12.1. The molecule has 2 heterocycles. The molecular weight excluding hydrogens is 260 g/mol. The Hall–Kier alpha value is -2.05. The van der Waals surface area contributed by atoms with Crippen molar-refractivity contribution in [1.29, 1.82) is 0 Å². The fourth-order valence-electron chi connectivity index (χ4n) is 1.94. The topological polar surface area (TPSA) is 67.7 Å². The lowest BCUT2D eigenvalue weighted by atomic mass is 10.2. The van der Waals surface area contributed by atoms with E-state index in [1.165, 1.54) is 10.9 Å². The van der Waals surface area contributed by atoms with Gasteiger partial charge in [-0.15, -0.1) is 0 Å². The standard InChI is InChI=1S/C13H20N4O3/c1-13(2,3)20-12(19)16-8-6-15(7-9-16)11(18)17-5-4-14-10-17/h4-5,10H,6-9H2,1-3H3. The molecule has 20 heavy (non-hydrogen) atoms. The van der Waals surface area contributed by atoms with Crippen LogP contribution in [0.25, 0.3) is 0 Å². The maximum Gasteiger partial charge on any atom is 0.410 e. The van der Waals surface area contributed by atoms with Crippen molar-refractivity contribution < 1.29 is 14.3 Å². The Morgan fingerprint density at radius 3 is 2.20 bits per heavy atom. The number of aromatic nitrogens is 2. The number of amides is 2. The molecule has 110 valence electrons. The molecule has 1 aromatic heterocycles. The first-order chi connectivity index (χ1) is 9.37. The first-order valence-electron chi connectivity index (χ1n) is 6.62. The molecule has 7 heteroatoms. The number of ether oxygens (including phenoxy) is 1. The Balaban J connectivity index is 1.86. The van der Waals surface area contributed by atoms with Crippen molar-refractivity contribution in [3.63, 3.8) is 0 Å². The van der Waals surface area contributed by atoms with Gasteiger partial charge in [-0.3, -0.25) is 4.57 Å². The third kappa shape index (κ3) is 3.49. The minimum atomic E-state index is -0.499. The van der Waals surface area contributed by atoms with Crippen LogP contribution >= 0.6 is 0 Å². The van der Waals surface area contributed by atoms with Gasteiger partial charge in [-0.25, -0.2) is 14.6 Å². The molecule has 0 saturated carbocycles. The Morgan fingerprint density at radius 1 is 1.10 bits per heavy atom. The van der Waals surface area contributed by atoms with Crippen LogP contribution < -0.4 is 0 Å². The number of nitrogens with zero attached hydrogens (tertiary/aromatic N) is 4. The predicted octanol–water partition coefficient (Wildman–Crippen LogP) is 1.40. The highest BCUT2D eigenvalue weighted by Gasteiger charge is 2.27. The van der Waals surface area contributed by atoms with Gasteiger partial charge in [0.1, 0.15) is 11.9 Å². The van der Waals surface area contributed by atoms with Crippen LogP contribution in [0.5, 0.6) is 0 Å². The van der Waals surface area contributed by atoms with Gasteiger partial charge in [0.2, 0.25) is 0 Å². The normalized spacial score (nSPS) is 16.1. The molecule has 0 atom stereocenters. The minimum Gasteiger partial charge on any atom is -0.444 e. The minimum absolute atomic E-state index is 0.119. The van der Waals surface area contributed by atoms with Crippen LogP contribution in [-0.2, 0) is 4.74 Å². The average Bonchev–Trinajstić information content (AvgIpc) is 2.90. The summed E-state index contributed by atoms with van der Waals surface area (Å²) in [5.74, 6) is 0. The zero-order chi connectivity index (χ0) is 14.8. The molecule has 0 N–H and O–H groups in total. The molecule has 1 saturated heterocycles. The summed E-state index contributed by atoms with van der Waals surface area (Å²) in [6.07, 6.45) is 4.33. The molecule has 0 radical (unpaired) electrons. The lowest BCUT2D eigenvalue weighted by molar-refractivity contribution is 0.0170. The first kappa shape index (κ1) is 14.4. The number of hydrogen-bond donors (Lipinski definition) is 0. The monoisotopic (exact) mass is 280 g/mol. The number of rotatable bonds is 0. The number of carbonyl (C=O) groups is 2. The van der Waals surface area contributed by atoms with E-state index >= 15 is 0 Å². The maximum absolute atomic E-state index is 12.1. The Kier molecular flexibility index (Phi) is 3.96. The summed E-state index contributed by atoms with van der Waals surface area (Å²) in [5.41, 5.74) is -0.499. The summed E-state index contributed by atoms with van der Waals surface area (Å²) >= 11 is 0. The third-order valence-electron chi connectivity index (χ3n) is 2.93. The second-order valence-electron chi connectivity index (χ2n) is 5.71. The highest BCUT2D eigenvalue weighted by molar-refractivity contribution is 5.77. The fraction of sp³-hybridized carbons (Fsp3) is 0.615. The molecule has 0 aromatic carbocycles. The van der Waals surface area contributed by atoms with Gasteiger partial charge in [0, 0.05) is 38.6 Å². The number of carbonyl (C=O) groups excluding carboxylic acids is 2. The van der Waals surface area contributed by atoms with Crippen LogP contribution in [0.15, 0.2) is 18.7 Å². The number of hydrogen-bond acceptors (Lipinski definition) is 4. The molecule has 2 amide bonds. The molecule has 1 aliphatic heterocycles. The smallest absolute Gasteiger partial charge is 0.410 e. The van der Waals surface area contributed by atoms with Crippen LogP contribution in [0.1, 0.15) is 20.8 Å². The van der Waals surface area contributed by atoms with Crippen LogP contribution in [-0.4, -0.2) is 63.3 Å². The fourth-order valence-corrected chi connectivity index (χ4v) is 1.94. The van der Waals surface area contributed by atoms with E-state index in [4.69, 9.17) is 4.74 Å². The molecule has 1 fully saturated rings. The van der Waals surface area contributed by atoms with E-state index in [1.54, 1.807) is 22.2 Å². The molecule has 1 aromatic rings. The molecule has 2 rings (SSSR count). The van der Waals surface area contributed by atoms with Gasteiger partial charge in [0.05, 0.1) is 0 Å². The summed E-state index contributed by atoms with van der Waals surface area (Å²) in [6, 6.07) is -0.119. The van der Waals surface area contributed by atoms with Gasteiger partial charge in [0.25, 0.3) is 0 Å². The summed E-state index contributed by atoms with van der Waals surface area (Å²) in [5, 5.41) is 0. The van der Waals surface area contributed by atoms with Crippen molar-refractivity contribution in [2.24, 2.45) is 0 Å². The molecule has 1 aliphatic rings. The lowest BCUT2D eigenvalue weighted by Crippen LogP contribution is -2.52. The van der Waals surface area contributed by atoms with Crippen molar-refractivity contribution >= 4 is 12.1 Å². The van der Waals surface area contributed by atoms with Gasteiger partial charge in [-0.05, 0) is 20.8 Å². The summed E-state index contributed by atoms with van der Waals surface area (Å²) in [4.78, 5) is 31.2. The first-order valence-corrected chi connectivity index (χ1v) is 6.62. The van der Waals surface area contributed by atoms with E-state index in [-0.39, 0.29) is 12.1 Å². The van der Waals surface area contributed by atoms with Crippen molar-refractivity contribution in [2.45, 2.75) is 26.4 Å². The zero-order valence-electron chi connectivity index (χ0n) is 12.1. The molecule has 0 bridgehead atoms. The van der Waals surface area contributed by atoms with E-state index < -0.39 is 5.60 Å². The lowest BCUT2D eigenvalue weighted by Gasteiger charge is -2.35. The number of piperazine rings is 1. The second kappa shape index (κ2) is 5.52. The average molecular weight is 280 g/mol. The zero-order valence-corrected chi connectivity index (χ0v) is 12.1. The SMILES string of the molecule is CC(C)(C)OC(=O)N1CCN(C(=O)n2ccnc2)CC1. The van der Waals surface area contributed by atoms with Gasteiger partial charge in [-0.2, -0.15) is 0 Å². The van der Waals surface area contributed by atoms with Crippen LogP contribution in [0.3, 0.4) is 0 Å².